The number of sulfone groups is 1. The maximum atomic E-state index is 11.6. The van der Waals surface area contributed by atoms with Crippen LogP contribution in [0.2, 0.25) is 0 Å². The van der Waals surface area contributed by atoms with Crippen LogP contribution in [0.4, 0.5) is 0 Å². The molecule has 1 N–H and O–H groups in total. The fourth-order valence-corrected chi connectivity index (χ4v) is 4.93. The monoisotopic (exact) mass is 308 g/mol. The van der Waals surface area contributed by atoms with Crippen LogP contribution in [-0.4, -0.2) is 56.5 Å². The lowest BCUT2D eigenvalue weighted by atomic mass is 10.0. The maximum absolute atomic E-state index is 11.6. The van der Waals surface area contributed by atoms with E-state index in [0.717, 1.165) is 38.9 Å². The minimum Gasteiger partial charge on any atom is -0.311 e. The lowest BCUT2D eigenvalue weighted by Crippen LogP contribution is -2.55. The molecule has 2 aliphatic heterocycles. The van der Waals surface area contributed by atoms with Crippen molar-refractivity contribution in [2.45, 2.75) is 31.3 Å². The fraction of sp³-hybridized carbons (Fsp3) is 0.625. The summed E-state index contributed by atoms with van der Waals surface area (Å²) in [6.45, 7) is 3.07. The first-order valence-corrected chi connectivity index (χ1v) is 9.66. The Labute approximate surface area is 127 Å². The number of piperazine rings is 1. The van der Waals surface area contributed by atoms with Crippen LogP contribution in [0.25, 0.3) is 0 Å². The molecule has 5 heteroatoms. The normalized spacial score (nSPS) is 27.5. The minimum absolute atomic E-state index is 0.366. The molecule has 1 atom stereocenters. The van der Waals surface area contributed by atoms with Gasteiger partial charge in [0.25, 0.3) is 0 Å². The van der Waals surface area contributed by atoms with Crippen molar-refractivity contribution in [3.63, 3.8) is 0 Å². The van der Waals surface area contributed by atoms with Gasteiger partial charge in [0.2, 0.25) is 0 Å². The third-order valence-corrected chi connectivity index (χ3v) is 6.37. The van der Waals surface area contributed by atoms with E-state index in [1.807, 2.05) is 6.07 Å². The van der Waals surface area contributed by atoms with Crippen LogP contribution in [0.15, 0.2) is 30.3 Å². The molecule has 0 bridgehead atoms. The van der Waals surface area contributed by atoms with Crippen molar-refractivity contribution in [2.24, 2.45) is 0 Å². The van der Waals surface area contributed by atoms with Gasteiger partial charge in [-0.25, -0.2) is 8.42 Å². The zero-order chi connectivity index (χ0) is 14.7. The predicted octanol–water partition coefficient (Wildman–Crippen LogP) is 1.08. The largest absolute Gasteiger partial charge is 0.311 e. The van der Waals surface area contributed by atoms with Crippen molar-refractivity contribution < 1.29 is 8.42 Å². The van der Waals surface area contributed by atoms with Crippen LogP contribution in [0.5, 0.6) is 0 Å². The van der Waals surface area contributed by atoms with Gasteiger partial charge >= 0.3 is 0 Å². The van der Waals surface area contributed by atoms with E-state index in [1.54, 1.807) is 0 Å². The Kier molecular flexibility index (Phi) is 4.62. The molecule has 2 saturated heterocycles. The highest BCUT2D eigenvalue weighted by molar-refractivity contribution is 7.91. The van der Waals surface area contributed by atoms with Gasteiger partial charge in [0.05, 0.1) is 11.5 Å². The Balaban J connectivity index is 1.56. The first-order valence-electron chi connectivity index (χ1n) is 7.84. The van der Waals surface area contributed by atoms with E-state index in [1.165, 1.54) is 5.56 Å². The molecule has 21 heavy (non-hydrogen) atoms. The number of nitrogens with zero attached hydrogens (tertiary/aromatic N) is 1. The number of hydrogen-bond donors (Lipinski definition) is 1. The van der Waals surface area contributed by atoms with Crippen LogP contribution in [0.1, 0.15) is 18.4 Å². The van der Waals surface area contributed by atoms with Crippen LogP contribution >= 0.6 is 0 Å². The van der Waals surface area contributed by atoms with Gasteiger partial charge in [0, 0.05) is 31.7 Å². The molecule has 0 aliphatic carbocycles. The summed E-state index contributed by atoms with van der Waals surface area (Å²) in [6, 6.07) is 11.5. The molecule has 2 aliphatic rings. The third-order valence-electron chi connectivity index (χ3n) is 4.65. The van der Waals surface area contributed by atoms with E-state index < -0.39 is 9.84 Å². The van der Waals surface area contributed by atoms with Gasteiger partial charge in [-0.2, -0.15) is 0 Å². The highest BCUT2D eigenvalue weighted by atomic mass is 32.2. The molecule has 1 aromatic carbocycles. The Hall–Kier alpha value is -0.910. The molecule has 0 amide bonds. The Bertz CT molecular complexity index is 545. The first kappa shape index (κ1) is 15.0. The quantitative estimate of drug-likeness (QED) is 0.908. The molecule has 3 rings (SSSR count). The molecule has 0 saturated carbocycles. The first-order chi connectivity index (χ1) is 10.1. The number of nitrogens with one attached hydrogen (secondary N) is 1. The lowest BCUT2D eigenvalue weighted by Gasteiger charge is -2.40. The van der Waals surface area contributed by atoms with E-state index in [0.29, 0.717) is 23.6 Å². The van der Waals surface area contributed by atoms with E-state index in [9.17, 15) is 8.42 Å². The summed E-state index contributed by atoms with van der Waals surface area (Å²) < 4.78 is 23.1. The predicted molar refractivity (Wildman–Crippen MR) is 85.2 cm³/mol. The van der Waals surface area contributed by atoms with Crippen molar-refractivity contribution >= 4 is 9.84 Å². The summed E-state index contributed by atoms with van der Waals surface area (Å²) >= 11 is 0. The molecule has 0 radical (unpaired) electrons. The Morgan fingerprint density at radius 1 is 1.14 bits per heavy atom. The van der Waals surface area contributed by atoms with Gasteiger partial charge in [-0.05, 0) is 24.8 Å². The highest BCUT2D eigenvalue weighted by Gasteiger charge is 2.30. The standard InChI is InChI=1S/C16H24N2O2S/c19-21(20)10-6-16(7-11-21)18-9-8-17-15(13-18)12-14-4-2-1-3-5-14/h1-5,15-17H,6-13H2. The highest BCUT2D eigenvalue weighted by Crippen LogP contribution is 2.20. The van der Waals surface area contributed by atoms with Crippen LogP contribution in [0.3, 0.4) is 0 Å². The van der Waals surface area contributed by atoms with Gasteiger partial charge < -0.3 is 5.32 Å². The summed E-state index contributed by atoms with van der Waals surface area (Å²) in [5.74, 6) is 0.732. The molecular weight excluding hydrogens is 284 g/mol. The van der Waals surface area contributed by atoms with E-state index in [4.69, 9.17) is 0 Å². The number of benzene rings is 1. The van der Waals surface area contributed by atoms with Gasteiger partial charge in [-0.1, -0.05) is 30.3 Å². The second kappa shape index (κ2) is 6.46. The fourth-order valence-electron chi connectivity index (χ4n) is 3.46. The summed E-state index contributed by atoms with van der Waals surface area (Å²) in [4.78, 5) is 2.50. The van der Waals surface area contributed by atoms with Crippen molar-refractivity contribution in [1.29, 1.82) is 0 Å². The molecule has 0 aromatic heterocycles. The van der Waals surface area contributed by atoms with E-state index in [-0.39, 0.29) is 0 Å². The smallest absolute Gasteiger partial charge is 0.150 e. The van der Waals surface area contributed by atoms with Gasteiger partial charge in [0.1, 0.15) is 9.84 Å². The third kappa shape index (κ3) is 4.05. The van der Waals surface area contributed by atoms with Crippen molar-refractivity contribution in [3.05, 3.63) is 35.9 Å². The van der Waals surface area contributed by atoms with Crippen molar-refractivity contribution in [1.82, 2.24) is 10.2 Å². The summed E-state index contributed by atoms with van der Waals surface area (Å²) in [7, 11) is -2.76. The molecule has 1 aromatic rings. The zero-order valence-electron chi connectivity index (χ0n) is 12.4. The average Bonchev–Trinajstić information content (AvgIpc) is 2.48. The Morgan fingerprint density at radius 3 is 2.57 bits per heavy atom. The topological polar surface area (TPSA) is 49.4 Å². The second-order valence-corrected chi connectivity index (χ2v) is 8.52. The van der Waals surface area contributed by atoms with E-state index in [2.05, 4.69) is 34.5 Å². The molecule has 2 fully saturated rings. The van der Waals surface area contributed by atoms with Crippen LogP contribution < -0.4 is 5.32 Å². The average molecular weight is 308 g/mol. The van der Waals surface area contributed by atoms with Gasteiger partial charge in [0.15, 0.2) is 0 Å². The minimum atomic E-state index is -2.76. The Morgan fingerprint density at radius 2 is 1.86 bits per heavy atom. The summed E-state index contributed by atoms with van der Waals surface area (Å²) in [5.41, 5.74) is 1.36. The van der Waals surface area contributed by atoms with Crippen LogP contribution in [0, 0.1) is 0 Å². The van der Waals surface area contributed by atoms with Crippen molar-refractivity contribution in [3.8, 4) is 0 Å². The second-order valence-electron chi connectivity index (χ2n) is 6.22. The SMILES string of the molecule is O=S1(=O)CCC(N2CCNC(Cc3ccccc3)C2)CC1. The van der Waals surface area contributed by atoms with Gasteiger partial charge in [-0.3, -0.25) is 4.90 Å². The molecule has 4 nitrogen and oxygen atoms in total. The molecule has 1 unspecified atom stereocenters. The molecular formula is C16H24N2O2S. The van der Waals surface area contributed by atoms with Crippen molar-refractivity contribution in [2.75, 3.05) is 31.1 Å². The maximum Gasteiger partial charge on any atom is 0.150 e. The molecule has 2 heterocycles. The van der Waals surface area contributed by atoms with E-state index >= 15 is 0 Å². The zero-order valence-corrected chi connectivity index (χ0v) is 13.2. The van der Waals surface area contributed by atoms with Gasteiger partial charge in [-0.15, -0.1) is 0 Å². The number of rotatable bonds is 3. The molecule has 0 spiro atoms. The number of hydrogen-bond acceptors (Lipinski definition) is 4. The summed E-state index contributed by atoms with van der Waals surface area (Å²) in [6.07, 6.45) is 2.66. The molecule has 116 valence electrons. The van der Waals surface area contributed by atoms with Crippen LogP contribution in [-0.2, 0) is 16.3 Å². The summed E-state index contributed by atoms with van der Waals surface area (Å²) in [5, 5.41) is 3.59. The lowest BCUT2D eigenvalue weighted by molar-refractivity contribution is 0.134.